The predicted molar refractivity (Wildman–Crippen MR) is 117 cm³/mol. The fourth-order valence-corrected chi connectivity index (χ4v) is 3.25. The van der Waals surface area contributed by atoms with Crippen LogP contribution in [-0.4, -0.2) is 18.0 Å². The summed E-state index contributed by atoms with van der Waals surface area (Å²) in [5.41, 5.74) is 3.25. The van der Waals surface area contributed by atoms with Gasteiger partial charge < -0.3 is 14.8 Å². The van der Waals surface area contributed by atoms with Crippen LogP contribution in [0.2, 0.25) is 0 Å². The van der Waals surface area contributed by atoms with Crippen molar-refractivity contribution in [2.24, 2.45) is 0 Å². The number of methoxy groups -OCH3 is 1. The van der Waals surface area contributed by atoms with E-state index in [0.717, 1.165) is 27.8 Å². The molecule has 1 N–H and O–H groups in total. The number of rotatable bonds is 6. The van der Waals surface area contributed by atoms with Crippen molar-refractivity contribution < 1.29 is 14.3 Å². The lowest BCUT2D eigenvalue weighted by molar-refractivity contribution is 0.0950. The molecule has 30 heavy (non-hydrogen) atoms. The van der Waals surface area contributed by atoms with Crippen LogP contribution in [0.4, 0.5) is 0 Å². The normalized spacial score (nSPS) is 10.6. The highest BCUT2D eigenvalue weighted by Crippen LogP contribution is 2.31. The second kappa shape index (κ2) is 8.66. The molecule has 1 aromatic heterocycles. The number of pyridine rings is 1. The number of amides is 1. The highest BCUT2D eigenvalue weighted by atomic mass is 16.5. The molecule has 0 saturated heterocycles. The maximum atomic E-state index is 12.7. The highest BCUT2D eigenvalue weighted by Gasteiger charge is 2.12. The number of para-hydroxylation sites is 2. The van der Waals surface area contributed by atoms with Gasteiger partial charge in [-0.05, 0) is 48.9 Å². The zero-order chi connectivity index (χ0) is 20.9. The van der Waals surface area contributed by atoms with Crippen LogP contribution in [0.15, 0.2) is 79.0 Å². The van der Waals surface area contributed by atoms with Crippen LogP contribution < -0.4 is 14.8 Å². The van der Waals surface area contributed by atoms with E-state index < -0.39 is 0 Å². The van der Waals surface area contributed by atoms with Crippen molar-refractivity contribution in [1.82, 2.24) is 10.3 Å². The van der Waals surface area contributed by atoms with Gasteiger partial charge in [-0.3, -0.25) is 9.78 Å². The number of aryl methyl sites for hydroxylation is 1. The van der Waals surface area contributed by atoms with Crippen molar-refractivity contribution in [2.45, 2.75) is 13.5 Å². The number of nitrogens with zero attached hydrogens (tertiary/aromatic N) is 1. The van der Waals surface area contributed by atoms with Crippen molar-refractivity contribution >= 4 is 16.8 Å². The van der Waals surface area contributed by atoms with Gasteiger partial charge in [0.2, 0.25) is 0 Å². The van der Waals surface area contributed by atoms with E-state index in [1.54, 1.807) is 25.4 Å². The molecule has 0 atom stereocenters. The quantitative estimate of drug-likeness (QED) is 0.480. The van der Waals surface area contributed by atoms with E-state index >= 15 is 0 Å². The lowest BCUT2D eigenvalue weighted by atomic mass is 10.1. The standard InChI is InChI=1S/C25H22N2O3/c1-17-11-12-18(25(28)27-16-19-7-3-6-10-22(19)29-2)15-24(17)30-23-13-14-26-21-9-5-4-8-20(21)23/h3-15H,16H2,1-2H3,(H,27,28). The lowest BCUT2D eigenvalue weighted by Crippen LogP contribution is -2.23. The van der Waals surface area contributed by atoms with Crippen molar-refractivity contribution in [3.63, 3.8) is 0 Å². The van der Waals surface area contributed by atoms with E-state index in [0.29, 0.717) is 23.6 Å². The van der Waals surface area contributed by atoms with Crippen LogP contribution >= 0.6 is 0 Å². The molecule has 3 aromatic carbocycles. The summed E-state index contributed by atoms with van der Waals surface area (Å²) in [4.78, 5) is 17.1. The number of hydrogen-bond donors (Lipinski definition) is 1. The Morgan fingerprint density at radius 3 is 2.60 bits per heavy atom. The second-order valence-electron chi connectivity index (χ2n) is 6.90. The zero-order valence-electron chi connectivity index (χ0n) is 16.9. The summed E-state index contributed by atoms with van der Waals surface area (Å²) in [5.74, 6) is 1.91. The molecular weight excluding hydrogens is 376 g/mol. The van der Waals surface area contributed by atoms with Crippen LogP contribution in [0.3, 0.4) is 0 Å². The Balaban J connectivity index is 1.55. The molecule has 0 radical (unpaired) electrons. The Morgan fingerprint density at radius 1 is 0.933 bits per heavy atom. The number of carbonyl (C=O) groups is 1. The summed E-state index contributed by atoms with van der Waals surface area (Å²) in [7, 11) is 1.62. The van der Waals surface area contributed by atoms with Crippen molar-refractivity contribution in [2.75, 3.05) is 7.11 Å². The van der Waals surface area contributed by atoms with Crippen LogP contribution in [0, 0.1) is 6.92 Å². The maximum Gasteiger partial charge on any atom is 0.251 e. The summed E-state index contributed by atoms with van der Waals surface area (Å²) in [6.07, 6.45) is 1.72. The van der Waals surface area contributed by atoms with Gasteiger partial charge in [0.1, 0.15) is 17.2 Å². The first-order valence-corrected chi connectivity index (χ1v) is 9.68. The van der Waals surface area contributed by atoms with E-state index in [2.05, 4.69) is 10.3 Å². The summed E-state index contributed by atoms with van der Waals surface area (Å²) in [6.45, 7) is 2.33. The largest absolute Gasteiger partial charge is 0.496 e. The fraction of sp³-hybridized carbons (Fsp3) is 0.120. The summed E-state index contributed by atoms with van der Waals surface area (Å²) < 4.78 is 11.5. The Bertz CT molecular complexity index is 1200. The molecule has 1 heterocycles. The first kappa shape index (κ1) is 19.5. The van der Waals surface area contributed by atoms with Gasteiger partial charge in [0.05, 0.1) is 12.6 Å². The Kier molecular flexibility index (Phi) is 5.61. The Labute approximate surface area is 175 Å². The number of carbonyl (C=O) groups excluding carboxylic acids is 1. The van der Waals surface area contributed by atoms with Gasteiger partial charge >= 0.3 is 0 Å². The minimum Gasteiger partial charge on any atom is -0.496 e. The molecule has 0 unspecified atom stereocenters. The monoisotopic (exact) mass is 398 g/mol. The summed E-state index contributed by atoms with van der Waals surface area (Å²) in [6, 6.07) is 22.7. The molecule has 5 nitrogen and oxygen atoms in total. The molecule has 150 valence electrons. The van der Waals surface area contributed by atoms with Gasteiger partial charge in [-0.25, -0.2) is 0 Å². The molecule has 0 bridgehead atoms. The van der Waals surface area contributed by atoms with Crippen molar-refractivity contribution in [3.05, 3.63) is 95.7 Å². The number of hydrogen-bond acceptors (Lipinski definition) is 4. The minimum atomic E-state index is -0.176. The smallest absolute Gasteiger partial charge is 0.251 e. The molecule has 0 aliphatic heterocycles. The first-order valence-electron chi connectivity index (χ1n) is 9.68. The highest BCUT2D eigenvalue weighted by molar-refractivity contribution is 5.94. The van der Waals surface area contributed by atoms with E-state index in [-0.39, 0.29) is 5.91 Å². The third-order valence-corrected chi connectivity index (χ3v) is 4.91. The molecule has 5 heteroatoms. The number of fused-ring (bicyclic) bond motifs is 1. The minimum absolute atomic E-state index is 0.176. The third kappa shape index (κ3) is 4.10. The molecule has 0 aliphatic rings. The SMILES string of the molecule is COc1ccccc1CNC(=O)c1ccc(C)c(Oc2ccnc3ccccc23)c1. The van der Waals surface area contributed by atoms with Gasteiger partial charge in [0.15, 0.2) is 0 Å². The molecule has 0 saturated carbocycles. The number of nitrogens with one attached hydrogen (secondary N) is 1. The van der Waals surface area contributed by atoms with Gasteiger partial charge in [0, 0.05) is 29.3 Å². The zero-order valence-corrected chi connectivity index (χ0v) is 16.9. The Morgan fingerprint density at radius 2 is 1.73 bits per heavy atom. The topological polar surface area (TPSA) is 60.5 Å². The van der Waals surface area contributed by atoms with Crippen molar-refractivity contribution in [1.29, 1.82) is 0 Å². The average molecular weight is 398 g/mol. The third-order valence-electron chi connectivity index (χ3n) is 4.91. The summed E-state index contributed by atoms with van der Waals surface area (Å²) >= 11 is 0. The van der Waals surface area contributed by atoms with Crippen molar-refractivity contribution in [3.8, 4) is 17.2 Å². The van der Waals surface area contributed by atoms with Crippen LogP contribution in [0.25, 0.3) is 10.9 Å². The van der Waals surface area contributed by atoms with Gasteiger partial charge in [-0.2, -0.15) is 0 Å². The number of ether oxygens (including phenoxy) is 2. The molecular formula is C25H22N2O3. The molecule has 0 fully saturated rings. The van der Waals surface area contributed by atoms with Gasteiger partial charge in [-0.1, -0.05) is 36.4 Å². The second-order valence-corrected chi connectivity index (χ2v) is 6.90. The van der Waals surface area contributed by atoms with E-state index in [9.17, 15) is 4.79 Å². The fourth-order valence-electron chi connectivity index (χ4n) is 3.25. The first-order chi connectivity index (χ1) is 14.7. The molecule has 1 amide bonds. The number of aromatic nitrogens is 1. The molecule has 0 spiro atoms. The maximum absolute atomic E-state index is 12.7. The molecule has 0 aliphatic carbocycles. The van der Waals surface area contributed by atoms with E-state index in [4.69, 9.17) is 9.47 Å². The van der Waals surface area contributed by atoms with Crippen LogP contribution in [0.5, 0.6) is 17.2 Å². The van der Waals surface area contributed by atoms with E-state index in [1.165, 1.54) is 0 Å². The molecule has 4 aromatic rings. The number of benzene rings is 3. The lowest BCUT2D eigenvalue weighted by Gasteiger charge is -2.13. The van der Waals surface area contributed by atoms with Gasteiger partial charge in [-0.15, -0.1) is 0 Å². The van der Waals surface area contributed by atoms with Crippen LogP contribution in [-0.2, 0) is 6.54 Å². The predicted octanol–water partition coefficient (Wildman–Crippen LogP) is 5.27. The molecule has 4 rings (SSSR count). The van der Waals surface area contributed by atoms with E-state index in [1.807, 2.05) is 67.6 Å². The Hall–Kier alpha value is -3.86. The van der Waals surface area contributed by atoms with Gasteiger partial charge in [0.25, 0.3) is 5.91 Å². The summed E-state index contributed by atoms with van der Waals surface area (Å²) in [5, 5.41) is 3.87. The average Bonchev–Trinajstić information content (AvgIpc) is 2.79. The van der Waals surface area contributed by atoms with Crippen LogP contribution in [0.1, 0.15) is 21.5 Å².